The molecule has 0 bridgehead atoms. The van der Waals surface area contributed by atoms with Crippen LogP contribution in [0.5, 0.6) is 5.75 Å². The molecule has 5 rings (SSSR count). The zero-order valence-electron chi connectivity index (χ0n) is 17.4. The monoisotopic (exact) mass is 464 g/mol. The molecule has 3 heterocycles. The summed E-state index contributed by atoms with van der Waals surface area (Å²) in [6.07, 6.45) is 0. The Hall–Kier alpha value is -4.05. The lowest BCUT2D eigenvalue weighted by Gasteiger charge is -2.10. The van der Waals surface area contributed by atoms with Gasteiger partial charge in [0.1, 0.15) is 22.8 Å². The summed E-state index contributed by atoms with van der Waals surface area (Å²) in [6.45, 7) is 2.37. The van der Waals surface area contributed by atoms with Gasteiger partial charge in [-0.25, -0.2) is 13.8 Å². The minimum absolute atomic E-state index is 0.0557. The van der Waals surface area contributed by atoms with Crippen molar-refractivity contribution in [1.82, 2.24) is 19.3 Å². The van der Waals surface area contributed by atoms with E-state index in [4.69, 9.17) is 9.26 Å². The van der Waals surface area contributed by atoms with E-state index in [1.54, 1.807) is 17.5 Å². The first kappa shape index (κ1) is 20.8. The highest BCUT2D eigenvalue weighted by Gasteiger charge is 2.18. The second-order valence-corrected chi connectivity index (χ2v) is 8.01. The Kier molecular flexibility index (Phi) is 5.35. The van der Waals surface area contributed by atoms with Crippen LogP contribution in [-0.4, -0.2) is 25.9 Å². The summed E-state index contributed by atoms with van der Waals surface area (Å²) in [6, 6.07) is 14.3. The summed E-state index contributed by atoms with van der Waals surface area (Å²) in [4.78, 5) is 30.7. The maximum Gasteiger partial charge on any atom is 0.336 e. The van der Waals surface area contributed by atoms with Gasteiger partial charge in [0.05, 0.1) is 17.8 Å². The highest BCUT2D eigenvalue weighted by molar-refractivity contribution is 7.17. The number of thiophene rings is 1. The molecule has 33 heavy (non-hydrogen) atoms. The Morgan fingerprint density at radius 2 is 1.97 bits per heavy atom. The number of hydrogen-bond donors (Lipinski definition) is 0. The number of nitrogens with zero attached hydrogens (tertiary/aromatic N) is 4. The number of rotatable bonds is 6. The van der Waals surface area contributed by atoms with E-state index >= 15 is 0 Å². The first-order chi connectivity index (χ1) is 16.0. The zero-order chi connectivity index (χ0) is 22.9. The molecule has 0 amide bonds. The Bertz CT molecular complexity index is 1580. The van der Waals surface area contributed by atoms with Crippen LogP contribution in [0.2, 0.25) is 0 Å². The van der Waals surface area contributed by atoms with Crippen LogP contribution in [0.3, 0.4) is 0 Å². The van der Waals surface area contributed by atoms with E-state index in [0.717, 1.165) is 10.6 Å². The van der Waals surface area contributed by atoms with Gasteiger partial charge in [-0.1, -0.05) is 23.4 Å². The molecule has 0 atom stereocenters. The molecule has 0 unspecified atom stereocenters. The second kappa shape index (κ2) is 8.47. The van der Waals surface area contributed by atoms with Crippen LogP contribution in [0, 0.1) is 5.82 Å². The van der Waals surface area contributed by atoms with E-state index in [1.807, 2.05) is 25.1 Å². The molecule has 166 valence electrons. The molecule has 0 N–H and O–H groups in total. The molecule has 0 aliphatic rings. The molecular weight excluding hydrogens is 447 g/mol. The predicted octanol–water partition coefficient (Wildman–Crippen LogP) is 3.85. The molecule has 0 radical (unpaired) electrons. The SMILES string of the molecule is CCOc1cccc(-c2noc(Cn3c(=O)n(-c4cccc(F)c4)c(=O)c4sccc43)n2)c1. The van der Waals surface area contributed by atoms with Gasteiger partial charge >= 0.3 is 5.69 Å². The van der Waals surface area contributed by atoms with Crippen LogP contribution in [-0.2, 0) is 6.54 Å². The third-order valence-electron chi connectivity index (χ3n) is 4.99. The van der Waals surface area contributed by atoms with Gasteiger partial charge < -0.3 is 9.26 Å². The summed E-state index contributed by atoms with van der Waals surface area (Å²) < 4.78 is 27.4. The van der Waals surface area contributed by atoms with Crippen molar-refractivity contribution in [3.05, 3.63) is 92.5 Å². The lowest BCUT2D eigenvalue weighted by molar-refractivity contribution is 0.340. The number of benzene rings is 2. The van der Waals surface area contributed by atoms with Gasteiger partial charge in [0.25, 0.3) is 5.56 Å². The second-order valence-electron chi connectivity index (χ2n) is 7.10. The number of fused-ring (bicyclic) bond motifs is 1. The summed E-state index contributed by atoms with van der Waals surface area (Å²) in [5.74, 6) is 0.664. The fourth-order valence-electron chi connectivity index (χ4n) is 3.55. The number of hydrogen-bond acceptors (Lipinski definition) is 7. The summed E-state index contributed by atoms with van der Waals surface area (Å²) in [7, 11) is 0. The van der Waals surface area contributed by atoms with Crippen molar-refractivity contribution >= 4 is 21.6 Å². The Labute approximate surface area is 190 Å². The van der Waals surface area contributed by atoms with E-state index in [2.05, 4.69) is 10.1 Å². The maximum absolute atomic E-state index is 13.8. The van der Waals surface area contributed by atoms with Crippen molar-refractivity contribution in [1.29, 1.82) is 0 Å². The smallest absolute Gasteiger partial charge is 0.336 e. The highest BCUT2D eigenvalue weighted by atomic mass is 32.1. The van der Waals surface area contributed by atoms with Gasteiger partial charge in [0.15, 0.2) is 0 Å². The molecule has 0 spiro atoms. The molecule has 8 nitrogen and oxygen atoms in total. The molecular formula is C23H17FN4O4S. The molecule has 0 saturated carbocycles. The van der Waals surface area contributed by atoms with Crippen LogP contribution in [0.1, 0.15) is 12.8 Å². The Morgan fingerprint density at radius 3 is 2.79 bits per heavy atom. The van der Waals surface area contributed by atoms with Crippen molar-refractivity contribution in [2.75, 3.05) is 6.61 Å². The Morgan fingerprint density at radius 1 is 1.12 bits per heavy atom. The maximum atomic E-state index is 13.8. The minimum atomic E-state index is -0.630. The average molecular weight is 464 g/mol. The van der Waals surface area contributed by atoms with Gasteiger partial charge in [-0.15, -0.1) is 11.3 Å². The molecule has 3 aromatic heterocycles. The van der Waals surface area contributed by atoms with Crippen molar-refractivity contribution < 1.29 is 13.7 Å². The quantitative estimate of drug-likeness (QED) is 0.379. The van der Waals surface area contributed by atoms with Crippen LogP contribution in [0.4, 0.5) is 4.39 Å². The molecule has 0 aliphatic carbocycles. The third-order valence-corrected chi connectivity index (χ3v) is 5.88. The highest BCUT2D eigenvalue weighted by Crippen LogP contribution is 2.22. The van der Waals surface area contributed by atoms with E-state index in [9.17, 15) is 14.0 Å². The first-order valence-electron chi connectivity index (χ1n) is 10.1. The van der Waals surface area contributed by atoms with Gasteiger partial charge in [0.2, 0.25) is 11.7 Å². The number of ether oxygens (including phenoxy) is 1. The van der Waals surface area contributed by atoms with E-state index in [-0.39, 0.29) is 18.1 Å². The first-order valence-corrected chi connectivity index (χ1v) is 11.0. The van der Waals surface area contributed by atoms with E-state index in [0.29, 0.717) is 34.0 Å². The standard InChI is InChI=1S/C23H17FN4O4S/c1-2-31-17-8-3-5-14(11-17)21-25-19(32-26-21)13-27-18-9-10-33-20(18)22(29)28(23(27)30)16-7-4-6-15(24)12-16/h3-12H,2,13H2,1H3. The normalized spacial score (nSPS) is 11.2. The summed E-state index contributed by atoms with van der Waals surface area (Å²) >= 11 is 1.20. The van der Waals surface area contributed by atoms with E-state index in [1.165, 1.54) is 34.1 Å². The predicted molar refractivity (Wildman–Crippen MR) is 122 cm³/mol. The van der Waals surface area contributed by atoms with Gasteiger partial charge in [-0.2, -0.15) is 4.98 Å². The van der Waals surface area contributed by atoms with Crippen molar-refractivity contribution in [3.63, 3.8) is 0 Å². The number of halogens is 1. The molecule has 5 aromatic rings. The fraction of sp³-hybridized carbons (Fsp3) is 0.130. The van der Waals surface area contributed by atoms with Crippen LogP contribution < -0.4 is 16.0 Å². The van der Waals surface area contributed by atoms with E-state index < -0.39 is 17.1 Å². The van der Waals surface area contributed by atoms with Crippen LogP contribution in [0.25, 0.3) is 27.3 Å². The van der Waals surface area contributed by atoms with Crippen LogP contribution in [0.15, 0.2) is 74.1 Å². The van der Waals surface area contributed by atoms with Crippen molar-refractivity contribution in [2.45, 2.75) is 13.5 Å². The van der Waals surface area contributed by atoms with Gasteiger partial charge in [0, 0.05) is 5.56 Å². The van der Waals surface area contributed by atoms with Crippen molar-refractivity contribution in [3.8, 4) is 22.8 Å². The molecule has 0 saturated heterocycles. The molecule has 10 heteroatoms. The summed E-state index contributed by atoms with van der Waals surface area (Å²) in [5, 5.41) is 5.74. The lowest BCUT2D eigenvalue weighted by atomic mass is 10.2. The van der Waals surface area contributed by atoms with Gasteiger partial charge in [-0.05, 0) is 48.7 Å². The zero-order valence-corrected chi connectivity index (χ0v) is 18.2. The minimum Gasteiger partial charge on any atom is -0.494 e. The number of aromatic nitrogens is 4. The lowest BCUT2D eigenvalue weighted by Crippen LogP contribution is -2.38. The van der Waals surface area contributed by atoms with Crippen molar-refractivity contribution in [2.24, 2.45) is 0 Å². The molecule has 2 aromatic carbocycles. The Balaban J connectivity index is 1.58. The topological polar surface area (TPSA) is 92.2 Å². The van der Waals surface area contributed by atoms with Gasteiger partial charge in [-0.3, -0.25) is 9.36 Å². The van der Waals surface area contributed by atoms with Crippen LogP contribution >= 0.6 is 11.3 Å². The molecule has 0 aliphatic heterocycles. The summed E-state index contributed by atoms with van der Waals surface area (Å²) in [5.41, 5.74) is 0.155. The third kappa shape index (κ3) is 3.85. The molecule has 0 fully saturated rings. The average Bonchev–Trinajstić information content (AvgIpc) is 3.47. The largest absolute Gasteiger partial charge is 0.494 e. The fourth-order valence-corrected chi connectivity index (χ4v) is 4.37.